The van der Waals surface area contributed by atoms with Crippen LogP contribution in [0.2, 0.25) is 0 Å². The van der Waals surface area contributed by atoms with E-state index >= 15 is 0 Å². The molecule has 11 aromatic rings. The molecule has 0 saturated heterocycles. The largest absolute Gasteiger partial charge is 0.456 e. The Morgan fingerprint density at radius 3 is 2.00 bits per heavy atom. The Kier molecular flexibility index (Phi) is 4.84. The Labute approximate surface area is 269 Å². The molecule has 8 aromatic carbocycles. The molecule has 0 aliphatic rings. The van der Waals surface area contributed by atoms with E-state index < -0.39 is 0 Å². The van der Waals surface area contributed by atoms with Gasteiger partial charge in [0, 0.05) is 43.7 Å². The number of aromatic nitrogens is 2. The van der Waals surface area contributed by atoms with Crippen LogP contribution >= 0.6 is 0 Å². The Morgan fingerprint density at radius 2 is 1.06 bits per heavy atom. The highest BCUT2D eigenvalue weighted by atomic mass is 16.3. The number of rotatable bonds is 3. The Bertz CT molecular complexity index is 3010. The summed E-state index contributed by atoms with van der Waals surface area (Å²) in [5, 5.41) is 9.92. The quantitative estimate of drug-likeness (QED) is 0.186. The number of furan rings is 1. The van der Waals surface area contributed by atoms with Crippen LogP contribution in [0.5, 0.6) is 0 Å². The van der Waals surface area contributed by atoms with Gasteiger partial charge in [-0.1, -0.05) is 84.9 Å². The Morgan fingerprint density at radius 1 is 0.340 bits per heavy atom. The summed E-state index contributed by atoms with van der Waals surface area (Å²) in [7, 11) is 0. The molecule has 0 fully saturated rings. The maximum Gasteiger partial charge on any atom is 0.135 e. The number of hydrogen-bond donors (Lipinski definition) is 0. The molecule has 3 aromatic heterocycles. The third kappa shape index (κ3) is 3.40. The number of nitrogens with zero attached hydrogens (tertiary/aromatic N) is 2. The molecule has 0 aliphatic heterocycles. The molecule has 3 heterocycles. The average molecular weight is 599 g/mol. The first-order valence-electron chi connectivity index (χ1n) is 16.1. The minimum absolute atomic E-state index is 0.909. The second kappa shape index (κ2) is 9.12. The molecule has 0 N–H and O–H groups in total. The van der Waals surface area contributed by atoms with Crippen molar-refractivity contribution in [3.8, 4) is 22.5 Å². The van der Waals surface area contributed by atoms with Gasteiger partial charge in [0.2, 0.25) is 0 Å². The first-order chi connectivity index (χ1) is 23.3. The van der Waals surface area contributed by atoms with Crippen molar-refractivity contribution in [3.05, 3.63) is 158 Å². The van der Waals surface area contributed by atoms with E-state index in [4.69, 9.17) is 4.42 Å². The third-order valence-electron chi connectivity index (χ3n) is 10.0. The summed E-state index contributed by atoms with van der Waals surface area (Å²) in [4.78, 5) is 0. The van der Waals surface area contributed by atoms with Crippen molar-refractivity contribution in [2.45, 2.75) is 0 Å². The molecular formula is C44H26N2O. The fourth-order valence-corrected chi connectivity index (χ4v) is 8.00. The lowest BCUT2D eigenvalue weighted by atomic mass is 9.96. The molecule has 47 heavy (non-hydrogen) atoms. The second-order valence-corrected chi connectivity index (χ2v) is 12.6. The Hall–Kier alpha value is -6.32. The van der Waals surface area contributed by atoms with E-state index in [9.17, 15) is 0 Å². The van der Waals surface area contributed by atoms with E-state index in [0.29, 0.717) is 0 Å². The van der Waals surface area contributed by atoms with Gasteiger partial charge in [-0.25, -0.2) is 0 Å². The van der Waals surface area contributed by atoms with Crippen molar-refractivity contribution in [1.29, 1.82) is 0 Å². The van der Waals surface area contributed by atoms with Gasteiger partial charge in [-0.3, -0.25) is 0 Å². The highest BCUT2D eigenvalue weighted by Gasteiger charge is 2.20. The normalized spacial score (nSPS) is 12.3. The number of fused-ring (bicyclic) bond motifs is 6. The number of para-hydroxylation sites is 3. The first-order valence-corrected chi connectivity index (χ1v) is 16.1. The first kappa shape index (κ1) is 24.9. The van der Waals surface area contributed by atoms with E-state index in [1.54, 1.807) is 0 Å². The molecule has 0 aliphatic carbocycles. The van der Waals surface area contributed by atoms with Gasteiger partial charge in [-0.2, -0.15) is 0 Å². The Balaban J connectivity index is 1.19. The molecule has 11 rings (SSSR count). The molecule has 0 saturated carbocycles. The van der Waals surface area contributed by atoms with Crippen LogP contribution in [-0.2, 0) is 0 Å². The van der Waals surface area contributed by atoms with Gasteiger partial charge in [-0.15, -0.1) is 0 Å². The fraction of sp³-hybridized carbons (Fsp3) is 0. The molecular weight excluding hydrogens is 572 g/mol. The van der Waals surface area contributed by atoms with Crippen LogP contribution in [0.4, 0.5) is 0 Å². The van der Waals surface area contributed by atoms with Crippen molar-refractivity contribution in [1.82, 2.24) is 9.13 Å². The van der Waals surface area contributed by atoms with E-state index in [1.807, 2.05) is 12.1 Å². The zero-order chi connectivity index (χ0) is 30.6. The van der Waals surface area contributed by atoms with Gasteiger partial charge < -0.3 is 13.6 Å². The lowest BCUT2D eigenvalue weighted by Gasteiger charge is -2.11. The summed E-state index contributed by atoms with van der Waals surface area (Å²) < 4.78 is 11.0. The minimum Gasteiger partial charge on any atom is -0.456 e. The van der Waals surface area contributed by atoms with Crippen LogP contribution in [0, 0.1) is 0 Å². The molecule has 0 amide bonds. The molecule has 0 atom stereocenters. The van der Waals surface area contributed by atoms with Crippen LogP contribution in [0.25, 0.3) is 98.8 Å². The maximum atomic E-state index is 6.20. The van der Waals surface area contributed by atoms with Crippen molar-refractivity contribution >= 4 is 76.3 Å². The molecule has 3 nitrogen and oxygen atoms in total. The van der Waals surface area contributed by atoms with Gasteiger partial charge >= 0.3 is 0 Å². The van der Waals surface area contributed by atoms with Crippen molar-refractivity contribution in [3.63, 3.8) is 0 Å². The van der Waals surface area contributed by atoms with Crippen LogP contribution in [0.1, 0.15) is 0 Å². The summed E-state index contributed by atoms with van der Waals surface area (Å²) in [5.74, 6) is 0. The highest BCUT2D eigenvalue weighted by molar-refractivity contribution is 6.25. The van der Waals surface area contributed by atoms with Gasteiger partial charge in [-0.05, 0) is 94.7 Å². The van der Waals surface area contributed by atoms with E-state index in [2.05, 4.69) is 155 Å². The van der Waals surface area contributed by atoms with Crippen LogP contribution < -0.4 is 0 Å². The second-order valence-electron chi connectivity index (χ2n) is 12.6. The molecule has 0 spiro atoms. The fourth-order valence-electron chi connectivity index (χ4n) is 8.00. The highest BCUT2D eigenvalue weighted by Crippen LogP contribution is 2.43. The molecule has 0 radical (unpaired) electrons. The van der Waals surface area contributed by atoms with Gasteiger partial charge in [0.15, 0.2) is 0 Å². The van der Waals surface area contributed by atoms with Crippen molar-refractivity contribution in [2.24, 2.45) is 0 Å². The van der Waals surface area contributed by atoms with Gasteiger partial charge in [0.1, 0.15) is 11.2 Å². The van der Waals surface area contributed by atoms with E-state index in [0.717, 1.165) is 27.6 Å². The predicted molar refractivity (Wildman–Crippen MR) is 197 cm³/mol. The number of benzene rings is 8. The maximum absolute atomic E-state index is 6.20. The smallest absolute Gasteiger partial charge is 0.135 e. The van der Waals surface area contributed by atoms with Gasteiger partial charge in [0.05, 0.1) is 22.1 Å². The predicted octanol–water partition coefficient (Wildman–Crippen LogP) is 12.0. The lowest BCUT2D eigenvalue weighted by Crippen LogP contribution is -1.94. The van der Waals surface area contributed by atoms with Crippen LogP contribution in [-0.4, -0.2) is 9.13 Å². The summed E-state index contributed by atoms with van der Waals surface area (Å²) in [6, 6.07) is 57.2. The lowest BCUT2D eigenvalue weighted by molar-refractivity contribution is 0.669. The zero-order valence-electron chi connectivity index (χ0n) is 25.3. The third-order valence-corrected chi connectivity index (χ3v) is 10.0. The topological polar surface area (TPSA) is 23.0 Å². The van der Waals surface area contributed by atoms with Crippen molar-refractivity contribution in [2.75, 3.05) is 0 Å². The average Bonchev–Trinajstić information content (AvgIpc) is 3.78. The molecule has 3 heteroatoms. The summed E-state index contributed by atoms with van der Waals surface area (Å²) >= 11 is 0. The molecule has 0 bridgehead atoms. The number of hydrogen-bond acceptors (Lipinski definition) is 1. The van der Waals surface area contributed by atoms with Crippen molar-refractivity contribution < 1.29 is 4.42 Å². The van der Waals surface area contributed by atoms with Gasteiger partial charge in [0.25, 0.3) is 0 Å². The SMILES string of the molecule is c1ccc(-n2c3ccccc3c3cc(-c4cc5ccc6cccc7c6c5c(c4)n7-c4ccc5oc6ccccc6c5c4)ccc32)cc1. The standard InChI is InChI=1S/C44H26N2O/c1-2-10-31(11-3-1)45-37-14-6-4-12-33(37)35-24-28(19-21-38(35)45)30-23-29-18-17-27-9-8-15-39-43(27)44(29)40(25-30)46(39)32-20-22-42-36(26-32)34-13-5-7-16-41(34)47-42/h1-26H. The minimum atomic E-state index is 0.909. The summed E-state index contributed by atoms with van der Waals surface area (Å²) in [6.45, 7) is 0. The van der Waals surface area contributed by atoms with E-state index in [-0.39, 0.29) is 0 Å². The van der Waals surface area contributed by atoms with Crippen LogP contribution in [0.15, 0.2) is 162 Å². The summed E-state index contributed by atoms with van der Waals surface area (Å²) in [5.41, 5.74) is 11.4. The summed E-state index contributed by atoms with van der Waals surface area (Å²) in [6.07, 6.45) is 0. The monoisotopic (exact) mass is 598 g/mol. The zero-order valence-corrected chi connectivity index (χ0v) is 25.3. The van der Waals surface area contributed by atoms with E-state index in [1.165, 1.54) is 71.2 Å². The molecule has 0 unspecified atom stereocenters. The molecule has 218 valence electrons. The van der Waals surface area contributed by atoms with Crippen LogP contribution in [0.3, 0.4) is 0 Å².